The summed E-state index contributed by atoms with van der Waals surface area (Å²) in [6.07, 6.45) is 0.101. The number of carbonyl (C=O) groups excluding carboxylic acids is 1. The molecule has 2 aromatic carbocycles. The molecule has 0 bridgehead atoms. The number of aliphatic hydroxyl groups excluding tert-OH is 2. The largest absolute Gasteiger partial charge is 0.387 e. The van der Waals surface area contributed by atoms with Crippen LogP contribution in [0, 0.1) is 0 Å². The molecule has 1 amide bonds. The van der Waals surface area contributed by atoms with Gasteiger partial charge in [-0.2, -0.15) is 9.97 Å². The van der Waals surface area contributed by atoms with Crippen molar-refractivity contribution >= 4 is 41.2 Å². The number of hydrogen-bond donors (Lipinski definition) is 6. The SMILES string of the molecule is Cl.[2H]CCNC(=O)[C@H]1OC(n2cnc3c(NCC(c4ccccc4)c4ccccc4)nc(NCCc4cnc[nH]4)nc32)[C@H](O)[C@@H]1O. The molecule has 5 aromatic rings. The van der Waals surface area contributed by atoms with E-state index in [0.717, 1.165) is 16.8 Å². The van der Waals surface area contributed by atoms with Crippen LogP contribution >= 0.6 is 12.4 Å². The zero-order chi connectivity index (χ0) is 31.2. The topological polar surface area (TPSA) is 175 Å². The van der Waals surface area contributed by atoms with E-state index in [0.29, 0.717) is 42.4 Å². The first-order valence-corrected chi connectivity index (χ1v) is 14.4. The van der Waals surface area contributed by atoms with Crippen LogP contribution in [0.5, 0.6) is 0 Å². The maximum atomic E-state index is 12.6. The van der Waals surface area contributed by atoms with E-state index >= 15 is 0 Å². The van der Waals surface area contributed by atoms with Gasteiger partial charge in [0, 0.05) is 45.2 Å². The van der Waals surface area contributed by atoms with E-state index in [1.165, 1.54) is 10.9 Å². The monoisotopic (exact) mass is 634 g/mol. The number of benzene rings is 2. The van der Waals surface area contributed by atoms with Crippen LogP contribution in [-0.2, 0) is 16.0 Å². The van der Waals surface area contributed by atoms with E-state index in [4.69, 9.17) is 16.1 Å². The molecule has 1 aliphatic rings. The van der Waals surface area contributed by atoms with Gasteiger partial charge in [0.2, 0.25) is 5.95 Å². The van der Waals surface area contributed by atoms with Gasteiger partial charge in [-0.05, 0) is 18.0 Å². The smallest absolute Gasteiger partial charge is 0.252 e. The lowest BCUT2D eigenvalue weighted by atomic mass is 9.91. The van der Waals surface area contributed by atoms with Crippen molar-refractivity contribution in [2.75, 3.05) is 30.3 Å². The molecule has 1 aliphatic heterocycles. The number of anilines is 2. The number of ether oxygens (including phenoxy) is 1. The molecular weight excluding hydrogens is 598 g/mol. The number of imidazole rings is 2. The highest BCUT2D eigenvalue weighted by molar-refractivity contribution is 5.85. The minimum Gasteiger partial charge on any atom is -0.387 e. The van der Waals surface area contributed by atoms with E-state index in [9.17, 15) is 15.0 Å². The Bertz CT molecular complexity index is 1660. The van der Waals surface area contributed by atoms with Crippen molar-refractivity contribution in [2.45, 2.75) is 43.8 Å². The number of halogens is 1. The standard InChI is InChI=1S/C31H35N9O4.ClH/c1-2-33-29(43)26-24(41)25(42)30(44-26)40-18-37-23-27(38-31(39-28(23)40)34-14-13-21-15-32-17-36-21)35-16-22(19-9-5-3-6-10-19)20-11-7-4-8-12-20;/h3-12,15,17-18,22,24-26,30,41-42H,2,13-14,16H2,1H3,(H,32,36)(H,33,43)(H2,34,35,38,39);1H/t24-,25+,26-,30?;/m0./s1/i1D;. The predicted octanol–water partition coefficient (Wildman–Crippen LogP) is 2.63. The first-order chi connectivity index (χ1) is 22.0. The number of aliphatic hydroxyl groups is 2. The first-order valence-electron chi connectivity index (χ1n) is 15.1. The number of nitrogens with zero attached hydrogens (tertiary/aromatic N) is 5. The van der Waals surface area contributed by atoms with Gasteiger partial charge in [0.25, 0.3) is 5.91 Å². The van der Waals surface area contributed by atoms with Gasteiger partial charge in [-0.3, -0.25) is 9.36 Å². The zero-order valence-corrected chi connectivity index (χ0v) is 25.1. The van der Waals surface area contributed by atoms with Gasteiger partial charge in [-0.15, -0.1) is 12.4 Å². The molecule has 14 heteroatoms. The fraction of sp³-hybridized carbons (Fsp3) is 0.323. The number of H-pyrrole nitrogens is 1. The Morgan fingerprint density at radius 3 is 2.47 bits per heavy atom. The highest BCUT2D eigenvalue weighted by atomic mass is 35.5. The molecule has 13 nitrogen and oxygen atoms in total. The second-order valence-corrected chi connectivity index (χ2v) is 10.4. The Kier molecular flexibility index (Phi) is 9.80. The lowest BCUT2D eigenvalue weighted by Gasteiger charge is -2.20. The maximum absolute atomic E-state index is 12.6. The van der Waals surface area contributed by atoms with Crippen LogP contribution < -0.4 is 16.0 Å². The third kappa shape index (κ3) is 6.91. The fourth-order valence-electron chi connectivity index (χ4n) is 5.36. The lowest BCUT2D eigenvalue weighted by Crippen LogP contribution is -2.42. The van der Waals surface area contributed by atoms with Gasteiger partial charge in [0.15, 0.2) is 29.3 Å². The summed E-state index contributed by atoms with van der Waals surface area (Å²) < 4.78 is 14.6. The van der Waals surface area contributed by atoms with Crippen molar-refractivity contribution in [1.29, 1.82) is 0 Å². The van der Waals surface area contributed by atoms with Crippen LogP contribution in [0.15, 0.2) is 79.5 Å². The minimum absolute atomic E-state index is 0. The van der Waals surface area contributed by atoms with Gasteiger partial charge in [0.05, 0.1) is 12.7 Å². The number of amides is 1. The van der Waals surface area contributed by atoms with Crippen molar-refractivity contribution < 1.29 is 21.1 Å². The number of rotatable bonds is 12. The molecular formula is C31H36ClN9O4. The Morgan fingerprint density at radius 1 is 1.07 bits per heavy atom. The number of carbonyl (C=O) groups is 1. The fourth-order valence-corrected chi connectivity index (χ4v) is 5.36. The summed E-state index contributed by atoms with van der Waals surface area (Å²) in [6, 6.07) is 20.4. The molecule has 1 saturated heterocycles. The summed E-state index contributed by atoms with van der Waals surface area (Å²) in [5.74, 6) is 0.193. The van der Waals surface area contributed by atoms with E-state index in [1.54, 1.807) is 12.5 Å². The Balaban J connectivity index is 0.00000417. The van der Waals surface area contributed by atoms with E-state index in [-0.39, 0.29) is 31.8 Å². The van der Waals surface area contributed by atoms with Crippen LogP contribution in [0.25, 0.3) is 11.2 Å². The summed E-state index contributed by atoms with van der Waals surface area (Å²) >= 11 is 0. The van der Waals surface area contributed by atoms with Gasteiger partial charge < -0.3 is 35.9 Å². The van der Waals surface area contributed by atoms with Gasteiger partial charge >= 0.3 is 0 Å². The average molecular weight is 635 g/mol. The molecule has 0 spiro atoms. The van der Waals surface area contributed by atoms with Crippen molar-refractivity contribution in [3.63, 3.8) is 0 Å². The molecule has 3 aromatic heterocycles. The number of aromatic amines is 1. The van der Waals surface area contributed by atoms with E-state index in [2.05, 4.69) is 55.2 Å². The molecule has 6 N–H and O–H groups in total. The first kappa shape index (κ1) is 30.5. The van der Waals surface area contributed by atoms with Gasteiger partial charge in [0.1, 0.15) is 12.2 Å². The number of fused-ring (bicyclic) bond motifs is 1. The summed E-state index contributed by atoms with van der Waals surface area (Å²) in [5.41, 5.74) is 4.00. The molecule has 0 saturated carbocycles. The summed E-state index contributed by atoms with van der Waals surface area (Å²) in [5, 5.41) is 30.9. The molecule has 1 fully saturated rings. The Hall–Kier alpha value is -4.56. The molecule has 45 heavy (non-hydrogen) atoms. The van der Waals surface area contributed by atoms with Crippen LogP contribution in [0.2, 0.25) is 0 Å². The minimum atomic E-state index is -1.48. The molecule has 0 radical (unpaired) electrons. The molecule has 4 atom stereocenters. The Morgan fingerprint density at radius 2 is 1.80 bits per heavy atom. The zero-order valence-electron chi connectivity index (χ0n) is 25.3. The maximum Gasteiger partial charge on any atom is 0.252 e. The van der Waals surface area contributed by atoms with Crippen LogP contribution in [-0.4, -0.2) is 83.6 Å². The quantitative estimate of drug-likeness (QED) is 0.120. The molecule has 236 valence electrons. The third-order valence-corrected chi connectivity index (χ3v) is 7.60. The highest BCUT2D eigenvalue weighted by Gasteiger charge is 2.47. The number of likely N-dealkylation sites (N-methyl/N-ethyl adjacent to an activating group) is 1. The molecule has 1 unspecified atom stereocenters. The van der Waals surface area contributed by atoms with Crippen molar-refractivity contribution in [1.82, 2.24) is 34.8 Å². The summed E-state index contributed by atoms with van der Waals surface area (Å²) in [7, 11) is 0. The normalized spacial score (nSPS) is 19.7. The van der Waals surface area contributed by atoms with Crippen molar-refractivity contribution in [2.24, 2.45) is 0 Å². The van der Waals surface area contributed by atoms with E-state index in [1.807, 2.05) is 36.4 Å². The van der Waals surface area contributed by atoms with Crippen molar-refractivity contribution in [3.8, 4) is 0 Å². The highest BCUT2D eigenvalue weighted by Crippen LogP contribution is 2.33. The van der Waals surface area contributed by atoms with Crippen molar-refractivity contribution in [3.05, 3.63) is 96.3 Å². The second-order valence-electron chi connectivity index (χ2n) is 10.4. The van der Waals surface area contributed by atoms with Crippen LogP contribution in [0.3, 0.4) is 0 Å². The van der Waals surface area contributed by atoms with Crippen LogP contribution in [0.4, 0.5) is 11.8 Å². The number of hydrogen-bond acceptors (Lipinski definition) is 10. The second kappa shape index (κ2) is 14.5. The predicted molar refractivity (Wildman–Crippen MR) is 171 cm³/mol. The summed E-state index contributed by atoms with van der Waals surface area (Å²) in [4.78, 5) is 33.7. The molecule has 4 heterocycles. The number of nitrogens with one attached hydrogen (secondary N) is 4. The van der Waals surface area contributed by atoms with Gasteiger partial charge in [-0.25, -0.2) is 9.97 Å². The molecule has 0 aliphatic carbocycles. The van der Waals surface area contributed by atoms with E-state index < -0.39 is 30.4 Å². The van der Waals surface area contributed by atoms with Gasteiger partial charge in [-0.1, -0.05) is 60.7 Å². The summed E-state index contributed by atoms with van der Waals surface area (Å²) in [6.45, 7) is 1.09. The molecule has 6 rings (SSSR count). The van der Waals surface area contributed by atoms with Crippen LogP contribution in [0.1, 0.15) is 37.2 Å². The average Bonchev–Trinajstić information content (AvgIpc) is 3.81. The third-order valence-electron chi connectivity index (χ3n) is 7.60. The lowest BCUT2D eigenvalue weighted by molar-refractivity contribution is -0.137. The Labute approximate surface area is 267 Å². The number of aromatic nitrogens is 6.